The highest BCUT2D eigenvalue weighted by atomic mass is 35.5. The molecule has 94 valence electrons. The summed E-state index contributed by atoms with van der Waals surface area (Å²) < 4.78 is 0. The molecule has 17 heavy (non-hydrogen) atoms. The zero-order valence-corrected chi connectivity index (χ0v) is 11.4. The maximum absolute atomic E-state index is 5.82. The van der Waals surface area contributed by atoms with E-state index in [2.05, 4.69) is 21.8 Å². The molecule has 1 saturated heterocycles. The van der Waals surface area contributed by atoms with Gasteiger partial charge >= 0.3 is 0 Å². The highest BCUT2D eigenvalue weighted by Crippen LogP contribution is 2.23. The molecule has 0 amide bonds. The zero-order valence-electron chi connectivity index (χ0n) is 10.6. The first kappa shape index (κ1) is 12.6. The first-order valence-corrected chi connectivity index (χ1v) is 6.91. The van der Waals surface area contributed by atoms with Crippen LogP contribution in [0.15, 0.2) is 6.20 Å². The lowest BCUT2D eigenvalue weighted by Crippen LogP contribution is -2.36. The van der Waals surface area contributed by atoms with E-state index in [4.69, 9.17) is 11.6 Å². The van der Waals surface area contributed by atoms with Gasteiger partial charge in [0.2, 0.25) is 5.95 Å². The fraction of sp³-hybridized carbons (Fsp3) is 0.692. The molecule has 2 heterocycles. The molecule has 2 rings (SSSR count). The second-order valence-electron chi connectivity index (χ2n) is 4.78. The van der Waals surface area contributed by atoms with Gasteiger partial charge < -0.3 is 4.90 Å². The molecule has 1 atom stereocenters. The van der Waals surface area contributed by atoms with Gasteiger partial charge in [-0.3, -0.25) is 0 Å². The van der Waals surface area contributed by atoms with Gasteiger partial charge in [0.1, 0.15) is 0 Å². The lowest BCUT2D eigenvalue weighted by Gasteiger charge is -2.32. The van der Waals surface area contributed by atoms with Gasteiger partial charge in [0.25, 0.3) is 0 Å². The molecule has 0 bridgehead atoms. The summed E-state index contributed by atoms with van der Waals surface area (Å²) in [6.07, 6.45) is 5.69. The third kappa shape index (κ3) is 2.89. The Morgan fingerprint density at radius 1 is 1.53 bits per heavy atom. The van der Waals surface area contributed by atoms with Crippen LogP contribution in [0.25, 0.3) is 0 Å². The minimum atomic E-state index is 0.490. The molecule has 1 unspecified atom stereocenters. The first-order valence-electron chi connectivity index (χ1n) is 6.38. The van der Waals surface area contributed by atoms with E-state index in [0.717, 1.165) is 36.2 Å². The maximum Gasteiger partial charge on any atom is 0.225 e. The second-order valence-corrected chi connectivity index (χ2v) is 5.04. The van der Waals surface area contributed by atoms with Gasteiger partial charge in [-0.05, 0) is 25.7 Å². The Hall–Kier alpha value is -0.830. The molecule has 1 aliphatic rings. The molecular weight excluding hydrogens is 234 g/mol. The standard InChI is InChI=1S/C13H20ClN3/c1-3-11-5-4-6-17(9-11)13-15-8-12(7-14)10(2)16-13/h8,11H,3-7,9H2,1-2H3. The summed E-state index contributed by atoms with van der Waals surface area (Å²) in [5.41, 5.74) is 2.03. The van der Waals surface area contributed by atoms with Gasteiger partial charge in [0.15, 0.2) is 0 Å². The molecule has 0 radical (unpaired) electrons. The van der Waals surface area contributed by atoms with E-state index in [9.17, 15) is 0 Å². The highest BCUT2D eigenvalue weighted by Gasteiger charge is 2.20. The van der Waals surface area contributed by atoms with Crippen molar-refractivity contribution in [1.82, 2.24) is 9.97 Å². The van der Waals surface area contributed by atoms with Crippen LogP contribution < -0.4 is 4.90 Å². The third-order valence-electron chi connectivity index (χ3n) is 3.59. The van der Waals surface area contributed by atoms with Gasteiger partial charge in [0, 0.05) is 30.5 Å². The molecular formula is C13H20ClN3. The average Bonchev–Trinajstić information content (AvgIpc) is 2.38. The molecule has 0 saturated carbocycles. The van der Waals surface area contributed by atoms with Crippen molar-refractivity contribution in [2.75, 3.05) is 18.0 Å². The number of nitrogens with zero attached hydrogens (tertiary/aromatic N) is 3. The van der Waals surface area contributed by atoms with Gasteiger partial charge in [-0.25, -0.2) is 9.97 Å². The van der Waals surface area contributed by atoms with Gasteiger partial charge in [-0.1, -0.05) is 13.3 Å². The number of piperidine rings is 1. The van der Waals surface area contributed by atoms with Crippen LogP contribution in [0.1, 0.15) is 37.4 Å². The van der Waals surface area contributed by atoms with Crippen LogP contribution in [0.2, 0.25) is 0 Å². The van der Waals surface area contributed by atoms with Crippen LogP contribution >= 0.6 is 11.6 Å². The molecule has 0 N–H and O–H groups in total. The number of hydrogen-bond donors (Lipinski definition) is 0. The van der Waals surface area contributed by atoms with Crippen molar-refractivity contribution in [2.24, 2.45) is 5.92 Å². The third-order valence-corrected chi connectivity index (χ3v) is 3.88. The van der Waals surface area contributed by atoms with Crippen LogP contribution in [0, 0.1) is 12.8 Å². The quantitative estimate of drug-likeness (QED) is 0.775. The minimum absolute atomic E-state index is 0.490. The Morgan fingerprint density at radius 2 is 2.35 bits per heavy atom. The molecule has 3 nitrogen and oxygen atoms in total. The van der Waals surface area contributed by atoms with Gasteiger partial charge in [-0.2, -0.15) is 0 Å². The first-order chi connectivity index (χ1) is 8.24. The predicted molar refractivity (Wildman–Crippen MR) is 71.6 cm³/mol. The van der Waals surface area contributed by atoms with Crippen molar-refractivity contribution >= 4 is 17.5 Å². The summed E-state index contributed by atoms with van der Waals surface area (Å²) in [7, 11) is 0. The fourth-order valence-corrected chi connectivity index (χ4v) is 2.61. The normalized spacial score (nSPS) is 20.6. The SMILES string of the molecule is CCC1CCCN(c2ncc(CCl)c(C)n2)C1. The Balaban J connectivity index is 2.13. The summed E-state index contributed by atoms with van der Waals surface area (Å²) in [6.45, 7) is 6.44. The number of aryl methyl sites for hydroxylation is 1. The maximum atomic E-state index is 5.82. The van der Waals surface area contributed by atoms with Gasteiger partial charge in [0.05, 0.1) is 5.88 Å². The summed E-state index contributed by atoms with van der Waals surface area (Å²) in [5, 5.41) is 0. The Bertz CT molecular complexity index is 381. The molecule has 1 aromatic rings. The summed E-state index contributed by atoms with van der Waals surface area (Å²) >= 11 is 5.82. The predicted octanol–water partition coefficient (Wildman–Crippen LogP) is 3.15. The smallest absolute Gasteiger partial charge is 0.225 e. The molecule has 1 aromatic heterocycles. The van der Waals surface area contributed by atoms with Crippen molar-refractivity contribution in [1.29, 1.82) is 0 Å². The van der Waals surface area contributed by atoms with Crippen molar-refractivity contribution in [3.05, 3.63) is 17.5 Å². The fourth-order valence-electron chi connectivity index (χ4n) is 2.34. The largest absolute Gasteiger partial charge is 0.341 e. The number of halogens is 1. The van der Waals surface area contributed by atoms with E-state index in [1.54, 1.807) is 0 Å². The number of aromatic nitrogens is 2. The van der Waals surface area contributed by atoms with Crippen LogP contribution in [0.3, 0.4) is 0 Å². The Labute approximate surface area is 108 Å². The topological polar surface area (TPSA) is 29.0 Å². The van der Waals surface area contributed by atoms with Crippen LogP contribution in [-0.2, 0) is 5.88 Å². The Kier molecular flexibility index (Phi) is 4.21. The van der Waals surface area contributed by atoms with Crippen molar-refractivity contribution in [2.45, 2.75) is 39.0 Å². The minimum Gasteiger partial charge on any atom is -0.341 e. The molecule has 1 aliphatic heterocycles. The highest BCUT2D eigenvalue weighted by molar-refractivity contribution is 6.17. The Morgan fingerprint density at radius 3 is 3.00 bits per heavy atom. The summed E-state index contributed by atoms with van der Waals surface area (Å²) in [5.74, 6) is 2.15. The van der Waals surface area contributed by atoms with E-state index in [0.29, 0.717) is 5.88 Å². The lowest BCUT2D eigenvalue weighted by atomic mass is 9.96. The van der Waals surface area contributed by atoms with Crippen molar-refractivity contribution in [3.63, 3.8) is 0 Å². The number of anilines is 1. The molecule has 0 aliphatic carbocycles. The van der Waals surface area contributed by atoms with E-state index < -0.39 is 0 Å². The van der Waals surface area contributed by atoms with Gasteiger partial charge in [-0.15, -0.1) is 11.6 Å². The lowest BCUT2D eigenvalue weighted by molar-refractivity contribution is 0.401. The molecule has 4 heteroatoms. The van der Waals surface area contributed by atoms with E-state index in [-0.39, 0.29) is 0 Å². The number of hydrogen-bond acceptors (Lipinski definition) is 3. The van der Waals surface area contributed by atoms with Crippen molar-refractivity contribution in [3.8, 4) is 0 Å². The second kappa shape index (κ2) is 5.67. The molecule has 0 aromatic carbocycles. The van der Waals surface area contributed by atoms with Crippen LogP contribution in [0.5, 0.6) is 0 Å². The van der Waals surface area contributed by atoms with E-state index in [1.165, 1.54) is 19.3 Å². The molecule has 0 spiro atoms. The monoisotopic (exact) mass is 253 g/mol. The zero-order chi connectivity index (χ0) is 12.3. The summed E-state index contributed by atoms with van der Waals surface area (Å²) in [6, 6.07) is 0. The average molecular weight is 254 g/mol. The number of alkyl halides is 1. The summed E-state index contributed by atoms with van der Waals surface area (Å²) in [4.78, 5) is 11.3. The van der Waals surface area contributed by atoms with Crippen LogP contribution in [-0.4, -0.2) is 23.1 Å². The van der Waals surface area contributed by atoms with E-state index >= 15 is 0 Å². The molecule has 1 fully saturated rings. The van der Waals surface area contributed by atoms with E-state index in [1.807, 2.05) is 13.1 Å². The van der Waals surface area contributed by atoms with Crippen LogP contribution in [0.4, 0.5) is 5.95 Å². The number of rotatable bonds is 3. The van der Waals surface area contributed by atoms with Crippen molar-refractivity contribution < 1.29 is 0 Å².